The Bertz CT molecular complexity index is 635. The number of carbonyl (C=O) groups is 1. The number of fused-ring (bicyclic) bond motifs is 1. The van der Waals surface area contributed by atoms with Crippen LogP contribution in [0.4, 0.5) is 0 Å². The SMILES string of the molecule is CCOC(=O)C(N)(CC)Cc1c[nH]c2ccc(OC)cc12. The standard InChI is InChI=1S/C16H22N2O3/c1-4-16(17,15(19)21-5-2)9-11-10-18-14-7-6-12(20-3)8-13(11)14/h6-8,10,18H,4-5,9,17H2,1-3H3. The lowest BCUT2D eigenvalue weighted by Gasteiger charge is -2.25. The lowest BCUT2D eigenvalue weighted by molar-refractivity contribution is -0.149. The van der Waals surface area contributed by atoms with E-state index in [1.807, 2.05) is 31.3 Å². The van der Waals surface area contributed by atoms with Crippen molar-refractivity contribution < 1.29 is 14.3 Å². The third-order valence-electron chi connectivity index (χ3n) is 3.79. The van der Waals surface area contributed by atoms with Crippen LogP contribution in [0, 0.1) is 0 Å². The van der Waals surface area contributed by atoms with Gasteiger partial charge in [0.05, 0.1) is 13.7 Å². The summed E-state index contributed by atoms with van der Waals surface area (Å²) >= 11 is 0. The molecule has 2 rings (SSSR count). The number of nitrogens with two attached hydrogens (primary N) is 1. The molecule has 0 spiro atoms. The van der Waals surface area contributed by atoms with Crippen LogP contribution in [-0.4, -0.2) is 30.2 Å². The highest BCUT2D eigenvalue weighted by molar-refractivity contribution is 5.87. The minimum absolute atomic E-state index is 0.333. The third-order valence-corrected chi connectivity index (χ3v) is 3.79. The molecule has 21 heavy (non-hydrogen) atoms. The van der Waals surface area contributed by atoms with Crippen LogP contribution in [0.5, 0.6) is 5.75 Å². The van der Waals surface area contributed by atoms with E-state index in [-0.39, 0.29) is 5.97 Å². The highest BCUT2D eigenvalue weighted by Crippen LogP contribution is 2.27. The van der Waals surface area contributed by atoms with E-state index in [4.69, 9.17) is 15.2 Å². The Morgan fingerprint density at radius 3 is 2.76 bits per heavy atom. The summed E-state index contributed by atoms with van der Waals surface area (Å²) in [6.07, 6.45) is 2.83. The molecule has 5 nitrogen and oxygen atoms in total. The maximum absolute atomic E-state index is 12.1. The molecule has 114 valence electrons. The van der Waals surface area contributed by atoms with Crippen LogP contribution in [0.1, 0.15) is 25.8 Å². The quantitative estimate of drug-likeness (QED) is 0.801. The molecule has 2 aromatic rings. The molecule has 0 aliphatic carbocycles. The molecule has 1 aromatic heterocycles. The van der Waals surface area contributed by atoms with Crippen molar-refractivity contribution in [2.75, 3.05) is 13.7 Å². The summed E-state index contributed by atoms with van der Waals surface area (Å²) in [6, 6.07) is 5.79. The molecule has 0 saturated heterocycles. The monoisotopic (exact) mass is 290 g/mol. The van der Waals surface area contributed by atoms with Crippen LogP contribution in [0.3, 0.4) is 0 Å². The number of hydrogen-bond donors (Lipinski definition) is 2. The summed E-state index contributed by atoms with van der Waals surface area (Å²) in [5.41, 5.74) is 7.24. The largest absolute Gasteiger partial charge is 0.497 e. The van der Waals surface area contributed by atoms with E-state index in [9.17, 15) is 4.79 Å². The van der Waals surface area contributed by atoms with E-state index >= 15 is 0 Å². The molecule has 0 amide bonds. The number of aromatic nitrogens is 1. The van der Waals surface area contributed by atoms with Gasteiger partial charge in [-0.15, -0.1) is 0 Å². The zero-order valence-corrected chi connectivity index (χ0v) is 12.7. The zero-order chi connectivity index (χ0) is 15.5. The van der Waals surface area contributed by atoms with Crippen LogP contribution < -0.4 is 10.5 Å². The van der Waals surface area contributed by atoms with Gasteiger partial charge in [0.15, 0.2) is 0 Å². The van der Waals surface area contributed by atoms with Gasteiger partial charge in [0, 0.05) is 23.5 Å². The van der Waals surface area contributed by atoms with Crippen LogP contribution in [0.2, 0.25) is 0 Å². The van der Waals surface area contributed by atoms with E-state index < -0.39 is 5.54 Å². The van der Waals surface area contributed by atoms with Gasteiger partial charge in [0.25, 0.3) is 0 Å². The molecule has 3 N–H and O–H groups in total. The molecule has 1 atom stereocenters. The highest BCUT2D eigenvalue weighted by Gasteiger charge is 2.34. The zero-order valence-electron chi connectivity index (χ0n) is 12.7. The number of H-pyrrole nitrogens is 1. The Morgan fingerprint density at radius 1 is 1.38 bits per heavy atom. The van der Waals surface area contributed by atoms with Crippen LogP contribution in [0.25, 0.3) is 10.9 Å². The van der Waals surface area contributed by atoms with Crippen molar-refractivity contribution in [1.82, 2.24) is 4.98 Å². The molecule has 1 heterocycles. The minimum atomic E-state index is -1.01. The predicted molar refractivity (Wildman–Crippen MR) is 82.4 cm³/mol. The number of carbonyl (C=O) groups excluding carboxylic acids is 1. The fourth-order valence-electron chi connectivity index (χ4n) is 2.39. The fourth-order valence-corrected chi connectivity index (χ4v) is 2.39. The predicted octanol–water partition coefficient (Wildman–Crippen LogP) is 2.39. The van der Waals surface area contributed by atoms with E-state index in [2.05, 4.69) is 4.98 Å². The topological polar surface area (TPSA) is 77.3 Å². The number of benzene rings is 1. The lowest BCUT2D eigenvalue weighted by atomic mass is 9.89. The second-order valence-corrected chi connectivity index (χ2v) is 5.13. The Labute approximate surface area is 124 Å². The van der Waals surface area contributed by atoms with Crippen molar-refractivity contribution in [3.8, 4) is 5.75 Å². The number of nitrogens with one attached hydrogen (secondary N) is 1. The van der Waals surface area contributed by atoms with Crippen molar-refractivity contribution in [2.24, 2.45) is 5.73 Å². The molecular weight excluding hydrogens is 268 g/mol. The number of ether oxygens (including phenoxy) is 2. The lowest BCUT2D eigenvalue weighted by Crippen LogP contribution is -2.50. The number of rotatable bonds is 6. The normalized spacial score (nSPS) is 13.9. The van der Waals surface area contributed by atoms with Gasteiger partial charge >= 0.3 is 5.97 Å². The number of aromatic amines is 1. The Kier molecular flexibility index (Phi) is 4.53. The van der Waals surface area contributed by atoms with Gasteiger partial charge < -0.3 is 20.2 Å². The second-order valence-electron chi connectivity index (χ2n) is 5.13. The average molecular weight is 290 g/mol. The Balaban J connectivity index is 2.35. The van der Waals surface area contributed by atoms with Crippen molar-refractivity contribution >= 4 is 16.9 Å². The highest BCUT2D eigenvalue weighted by atomic mass is 16.5. The van der Waals surface area contributed by atoms with E-state index in [0.29, 0.717) is 19.4 Å². The Hall–Kier alpha value is -2.01. The summed E-state index contributed by atoms with van der Waals surface area (Å²) < 4.78 is 10.4. The molecular formula is C16H22N2O3. The maximum Gasteiger partial charge on any atom is 0.326 e. The first-order chi connectivity index (χ1) is 10.0. The van der Waals surface area contributed by atoms with Crippen molar-refractivity contribution in [3.05, 3.63) is 30.0 Å². The molecule has 0 saturated carbocycles. The molecule has 0 radical (unpaired) electrons. The van der Waals surface area contributed by atoms with Gasteiger partial charge in [-0.25, -0.2) is 0 Å². The third kappa shape index (κ3) is 3.03. The molecule has 5 heteroatoms. The number of methoxy groups -OCH3 is 1. The van der Waals surface area contributed by atoms with Gasteiger partial charge in [-0.1, -0.05) is 6.92 Å². The minimum Gasteiger partial charge on any atom is -0.497 e. The van der Waals surface area contributed by atoms with Crippen LogP contribution in [0.15, 0.2) is 24.4 Å². The van der Waals surface area contributed by atoms with E-state index in [1.54, 1.807) is 14.0 Å². The number of hydrogen-bond acceptors (Lipinski definition) is 4. The van der Waals surface area contributed by atoms with Crippen LogP contribution in [-0.2, 0) is 16.0 Å². The van der Waals surface area contributed by atoms with E-state index in [1.165, 1.54) is 0 Å². The molecule has 0 aliphatic rings. The fraction of sp³-hybridized carbons (Fsp3) is 0.438. The summed E-state index contributed by atoms with van der Waals surface area (Å²) in [7, 11) is 1.63. The molecule has 1 unspecified atom stereocenters. The van der Waals surface area contributed by atoms with Gasteiger partial charge in [0.1, 0.15) is 11.3 Å². The Morgan fingerprint density at radius 2 is 2.14 bits per heavy atom. The van der Waals surface area contributed by atoms with Gasteiger partial charge in [-0.2, -0.15) is 0 Å². The maximum atomic E-state index is 12.1. The van der Waals surface area contributed by atoms with Crippen molar-refractivity contribution in [1.29, 1.82) is 0 Å². The summed E-state index contributed by atoms with van der Waals surface area (Å²) in [5, 5.41) is 1.02. The molecule has 0 fully saturated rings. The summed E-state index contributed by atoms with van der Waals surface area (Å²) in [6.45, 7) is 4.01. The van der Waals surface area contributed by atoms with Crippen molar-refractivity contribution in [3.63, 3.8) is 0 Å². The molecule has 0 bridgehead atoms. The first kappa shape index (κ1) is 15.4. The van der Waals surface area contributed by atoms with Gasteiger partial charge in [-0.3, -0.25) is 4.79 Å². The smallest absolute Gasteiger partial charge is 0.326 e. The average Bonchev–Trinajstić information content (AvgIpc) is 2.89. The van der Waals surface area contributed by atoms with Gasteiger partial charge in [0.2, 0.25) is 0 Å². The van der Waals surface area contributed by atoms with Crippen LogP contribution >= 0.6 is 0 Å². The van der Waals surface area contributed by atoms with Crippen molar-refractivity contribution in [2.45, 2.75) is 32.2 Å². The number of esters is 1. The second kappa shape index (κ2) is 6.18. The molecule has 1 aromatic carbocycles. The molecule has 0 aliphatic heterocycles. The summed E-state index contributed by atoms with van der Waals surface area (Å²) in [4.78, 5) is 15.3. The first-order valence-corrected chi connectivity index (χ1v) is 7.14. The first-order valence-electron chi connectivity index (χ1n) is 7.14. The van der Waals surface area contributed by atoms with E-state index in [0.717, 1.165) is 22.2 Å². The summed E-state index contributed by atoms with van der Waals surface area (Å²) in [5.74, 6) is 0.420. The van der Waals surface area contributed by atoms with Gasteiger partial charge in [-0.05, 0) is 37.1 Å².